The van der Waals surface area contributed by atoms with Gasteiger partial charge in [-0.15, -0.1) is 0 Å². The van der Waals surface area contributed by atoms with Gasteiger partial charge in [0.2, 0.25) is 5.90 Å². The summed E-state index contributed by atoms with van der Waals surface area (Å²) in [4.78, 5) is 16.4. The van der Waals surface area contributed by atoms with Crippen LogP contribution in [0.1, 0.15) is 31.4 Å². The molecule has 0 atom stereocenters. The Morgan fingerprint density at radius 3 is 2.75 bits per heavy atom. The first kappa shape index (κ1) is 20.3. The number of carbonyl (C=O) groups is 1. The quantitative estimate of drug-likeness (QED) is 0.310. The van der Waals surface area contributed by atoms with Gasteiger partial charge in [0.25, 0.3) is 0 Å². The lowest BCUT2D eigenvalue weighted by Crippen LogP contribution is -2.05. The van der Waals surface area contributed by atoms with E-state index in [1.54, 1.807) is 18.2 Å². The first-order valence-corrected chi connectivity index (χ1v) is 9.97. The predicted molar refractivity (Wildman–Crippen MR) is 113 cm³/mol. The van der Waals surface area contributed by atoms with Crippen molar-refractivity contribution < 1.29 is 23.4 Å². The van der Waals surface area contributed by atoms with Gasteiger partial charge in [-0.25, -0.2) is 14.2 Å². The summed E-state index contributed by atoms with van der Waals surface area (Å²) in [6.07, 6.45) is 2.50. The highest BCUT2D eigenvalue weighted by atomic mass is 127. The Hall–Kier alpha value is -2.42. The molecule has 0 bridgehead atoms. The first-order chi connectivity index (χ1) is 13.5. The van der Waals surface area contributed by atoms with Gasteiger partial charge in [-0.2, -0.15) is 0 Å². The molecular weight excluding hydrogens is 476 g/mol. The molecule has 1 aliphatic heterocycles. The molecule has 0 spiro atoms. The lowest BCUT2D eigenvalue weighted by molar-refractivity contribution is -0.129. The second-order valence-electron chi connectivity index (χ2n) is 5.96. The molecule has 0 saturated heterocycles. The predicted octanol–water partition coefficient (Wildman–Crippen LogP) is 4.96. The largest absolute Gasteiger partial charge is 0.490 e. The Kier molecular flexibility index (Phi) is 6.66. The first-order valence-electron chi connectivity index (χ1n) is 8.89. The molecule has 0 aliphatic carbocycles. The Morgan fingerprint density at radius 2 is 2.04 bits per heavy atom. The number of rotatable bonds is 7. The van der Waals surface area contributed by atoms with Crippen LogP contribution >= 0.6 is 22.6 Å². The Bertz CT molecular complexity index is 955. The van der Waals surface area contributed by atoms with Crippen LogP contribution in [-0.2, 0) is 9.53 Å². The summed E-state index contributed by atoms with van der Waals surface area (Å²) in [5, 5.41) is 0. The van der Waals surface area contributed by atoms with Gasteiger partial charge in [0.15, 0.2) is 17.2 Å². The van der Waals surface area contributed by atoms with Crippen LogP contribution in [0.4, 0.5) is 4.39 Å². The fraction of sp³-hybridized carbons (Fsp3) is 0.238. The molecule has 7 heteroatoms. The summed E-state index contributed by atoms with van der Waals surface area (Å²) < 4.78 is 31.0. The van der Waals surface area contributed by atoms with Gasteiger partial charge in [-0.1, -0.05) is 13.0 Å². The van der Waals surface area contributed by atoms with Crippen LogP contribution in [0.2, 0.25) is 0 Å². The smallest absolute Gasteiger partial charge is 0.363 e. The van der Waals surface area contributed by atoms with Gasteiger partial charge in [0.1, 0.15) is 5.82 Å². The van der Waals surface area contributed by atoms with Crippen LogP contribution < -0.4 is 9.47 Å². The Labute approximate surface area is 176 Å². The molecule has 1 heterocycles. The second-order valence-corrected chi connectivity index (χ2v) is 7.12. The van der Waals surface area contributed by atoms with Crippen LogP contribution in [0.15, 0.2) is 47.1 Å². The number of benzene rings is 2. The van der Waals surface area contributed by atoms with Crippen LogP contribution in [0, 0.1) is 9.39 Å². The van der Waals surface area contributed by atoms with Crippen molar-refractivity contribution in [2.24, 2.45) is 4.99 Å². The second kappa shape index (κ2) is 9.18. The molecule has 0 saturated carbocycles. The molecular formula is C21H19FINO4. The number of esters is 1. The van der Waals surface area contributed by atoms with E-state index in [9.17, 15) is 9.18 Å². The molecule has 146 valence electrons. The number of hydrogen-bond donors (Lipinski definition) is 0. The molecule has 0 aromatic heterocycles. The summed E-state index contributed by atoms with van der Waals surface area (Å²) in [7, 11) is 0. The van der Waals surface area contributed by atoms with Crippen molar-refractivity contribution >= 4 is 40.5 Å². The highest BCUT2D eigenvalue weighted by molar-refractivity contribution is 14.1. The molecule has 1 aliphatic rings. The number of aliphatic imine (C=N–C) groups is 1. The molecule has 2 aromatic rings. The number of ether oxygens (including phenoxy) is 3. The van der Waals surface area contributed by atoms with E-state index < -0.39 is 11.8 Å². The SMILES string of the molecule is CCCOc1c(I)cc(/C=C2\N=C(c3cccc(F)c3)OC2=O)cc1OCC. The zero-order chi connectivity index (χ0) is 20.1. The molecule has 0 fully saturated rings. The van der Waals surface area contributed by atoms with Gasteiger partial charge in [0.05, 0.1) is 16.8 Å². The highest BCUT2D eigenvalue weighted by Crippen LogP contribution is 2.35. The number of cyclic esters (lactones) is 1. The molecule has 0 amide bonds. The molecule has 0 radical (unpaired) electrons. The summed E-state index contributed by atoms with van der Waals surface area (Å²) >= 11 is 2.17. The minimum Gasteiger partial charge on any atom is -0.490 e. The molecule has 0 unspecified atom stereocenters. The zero-order valence-electron chi connectivity index (χ0n) is 15.5. The van der Waals surface area contributed by atoms with E-state index in [0.717, 1.165) is 15.6 Å². The third-order valence-electron chi connectivity index (χ3n) is 3.78. The van der Waals surface area contributed by atoms with Crippen molar-refractivity contribution in [3.63, 3.8) is 0 Å². The lowest BCUT2D eigenvalue weighted by atomic mass is 10.1. The fourth-order valence-electron chi connectivity index (χ4n) is 2.59. The number of carbonyl (C=O) groups excluding carboxylic acids is 1. The van der Waals surface area contributed by atoms with Crippen LogP contribution in [0.25, 0.3) is 6.08 Å². The Morgan fingerprint density at radius 1 is 1.21 bits per heavy atom. The monoisotopic (exact) mass is 495 g/mol. The number of halogens is 2. The van der Waals surface area contributed by atoms with E-state index in [4.69, 9.17) is 14.2 Å². The average molecular weight is 495 g/mol. The maximum absolute atomic E-state index is 13.4. The van der Waals surface area contributed by atoms with E-state index in [1.165, 1.54) is 18.2 Å². The Balaban J connectivity index is 1.94. The minimum absolute atomic E-state index is 0.0818. The summed E-state index contributed by atoms with van der Waals surface area (Å²) in [5.74, 6) is 0.365. The van der Waals surface area contributed by atoms with Crippen LogP contribution in [0.3, 0.4) is 0 Å². The zero-order valence-corrected chi connectivity index (χ0v) is 17.7. The highest BCUT2D eigenvalue weighted by Gasteiger charge is 2.24. The van der Waals surface area contributed by atoms with Gasteiger partial charge >= 0.3 is 5.97 Å². The number of hydrogen-bond acceptors (Lipinski definition) is 5. The molecule has 3 rings (SSSR count). The van der Waals surface area contributed by atoms with E-state index in [-0.39, 0.29) is 11.6 Å². The average Bonchev–Trinajstić information content (AvgIpc) is 3.02. The van der Waals surface area contributed by atoms with Gasteiger partial charge in [0, 0.05) is 5.56 Å². The van der Waals surface area contributed by atoms with Crippen molar-refractivity contribution in [2.75, 3.05) is 13.2 Å². The molecule has 5 nitrogen and oxygen atoms in total. The van der Waals surface area contributed by atoms with Gasteiger partial charge in [-0.05, 0) is 77.9 Å². The lowest BCUT2D eigenvalue weighted by Gasteiger charge is -2.14. The molecule has 28 heavy (non-hydrogen) atoms. The maximum Gasteiger partial charge on any atom is 0.363 e. The van der Waals surface area contributed by atoms with E-state index in [2.05, 4.69) is 27.6 Å². The standard InChI is InChI=1S/C21H19FINO4/c1-3-8-27-19-16(23)9-13(11-18(19)26-4-2)10-17-21(25)28-20(24-17)14-6-5-7-15(22)12-14/h5-7,9-12H,3-4,8H2,1-2H3/b17-10-. The molecule has 0 N–H and O–H groups in total. The van der Waals surface area contributed by atoms with E-state index in [0.29, 0.717) is 30.3 Å². The minimum atomic E-state index is -0.585. The van der Waals surface area contributed by atoms with Crippen molar-refractivity contribution in [1.82, 2.24) is 0 Å². The van der Waals surface area contributed by atoms with Crippen molar-refractivity contribution in [3.8, 4) is 11.5 Å². The van der Waals surface area contributed by atoms with Crippen LogP contribution in [0.5, 0.6) is 11.5 Å². The normalized spacial score (nSPS) is 14.8. The third kappa shape index (κ3) is 4.70. The van der Waals surface area contributed by atoms with Crippen molar-refractivity contribution in [2.45, 2.75) is 20.3 Å². The molecule has 2 aromatic carbocycles. The maximum atomic E-state index is 13.4. The van der Waals surface area contributed by atoms with E-state index >= 15 is 0 Å². The summed E-state index contributed by atoms with van der Waals surface area (Å²) in [5.41, 5.74) is 1.28. The van der Waals surface area contributed by atoms with E-state index in [1.807, 2.05) is 19.9 Å². The van der Waals surface area contributed by atoms with Crippen molar-refractivity contribution in [1.29, 1.82) is 0 Å². The fourth-order valence-corrected chi connectivity index (χ4v) is 3.37. The van der Waals surface area contributed by atoms with Crippen LogP contribution in [-0.4, -0.2) is 25.1 Å². The summed E-state index contributed by atoms with van der Waals surface area (Å²) in [6, 6.07) is 9.43. The topological polar surface area (TPSA) is 57.1 Å². The number of nitrogens with zero attached hydrogens (tertiary/aromatic N) is 1. The van der Waals surface area contributed by atoms with Crippen molar-refractivity contribution in [3.05, 3.63) is 62.6 Å². The summed E-state index contributed by atoms with van der Waals surface area (Å²) in [6.45, 7) is 5.00. The van der Waals surface area contributed by atoms with Gasteiger partial charge < -0.3 is 14.2 Å². The van der Waals surface area contributed by atoms with Gasteiger partial charge in [-0.3, -0.25) is 0 Å². The third-order valence-corrected chi connectivity index (χ3v) is 4.58.